The highest BCUT2D eigenvalue weighted by Gasteiger charge is 2.26. The molecule has 2 amide bonds. The molecule has 0 saturated heterocycles. The Morgan fingerprint density at radius 1 is 1.25 bits per heavy atom. The summed E-state index contributed by atoms with van der Waals surface area (Å²) in [6.45, 7) is 6.58. The number of hydrogen-bond donors (Lipinski definition) is 4. The third-order valence-corrected chi connectivity index (χ3v) is 3.30. The van der Waals surface area contributed by atoms with Gasteiger partial charge < -0.3 is 15.7 Å². The minimum Gasteiger partial charge on any atom is -0.480 e. The molecule has 118 valence electrons. The van der Waals surface area contributed by atoms with Gasteiger partial charge in [0, 0.05) is 12.1 Å². The molecule has 0 bridgehead atoms. The summed E-state index contributed by atoms with van der Waals surface area (Å²) in [5, 5.41) is 13.7. The number of carboxylic acid groups (broad SMARTS) is 1. The number of urea groups is 1. The summed E-state index contributed by atoms with van der Waals surface area (Å²) in [5.74, 6) is -1.39. The molecule has 0 aromatic carbocycles. The second-order valence-electron chi connectivity index (χ2n) is 5.65. The van der Waals surface area contributed by atoms with E-state index in [-0.39, 0.29) is 12.5 Å². The van der Waals surface area contributed by atoms with Gasteiger partial charge in [-0.05, 0) is 19.8 Å². The standard InChI is InChI=1S/C11H23N3O5S/c1-7(2)8(9(15)16)13-10(17)12-6-11(3,4)14-20(5,18)19/h7-8,14H,6H2,1-5H3,(H,15,16)(H2,12,13,17)/t8-/m0/s1. The normalized spacial score (nSPS) is 13.9. The molecule has 0 aromatic rings. The molecule has 0 aliphatic heterocycles. The highest BCUT2D eigenvalue weighted by atomic mass is 32.2. The number of aliphatic carboxylic acids is 1. The number of carbonyl (C=O) groups is 2. The number of sulfonamides is 1. The first-order chi connectivity index (χ1) is 8.84. The zero-order chi connectivity index (χ0) is 16.1. The molecular formula is C11H23N3O5S. The first-order valence-electron chi connectivity index (χ1n) is 6.10. The van der Waals surface area contributed by atoms with Gasteiger partial charge in [-0.3, -0.25) is 0 Å². The van der Waals surface area contributed by atoms with Crippen LogP contribution in [-0.2, 0) is 14.8 Å². The number of carbonyl (C=O) groups excluding carboxylic acids is 1. The molecule has 0 rings (SSSR count). The summed E-state index contributed by atoms with van der Waals surface area (Å²) in [7, 11) is -3.40. The van der Waals surface area contributed by atoms with Crippen LogP contribution in [0.15, 0.2) is 0 Å². The molecule has 20 heavy (non-hydrogen) atoms. The Morgan fingerprint density at radius 2 is 1.75 bits per heavy atom. The molecule has 4 N–H and O–H groups in total. The molecule has 0 aliphatic rings. The largest absolute Gasteiger partial charge is 0.480 e. The van der Waals surface area contributed by atoms with Gasteiger partial charge in [0.05, 0.1) is 6.26 Å². The Kier molecular flexibility index (Phi) is 6.42. The van der Waals surface area contributed by atoms with Crippen LogP contribution in [0.1, 0.15) is 27.7 Å². The van der Waals surface area contributed by atoms with E-state index in [1.54, 1.807) is 27.7 Å². The molecule has 0 unspecified atom stereocenters. The molecular weight excluding hydrogens is 286 g/mol. The van der Waals surface area contributed by atoms with Gasteiger partial charge in [-0.15, -0.1) is 0 Å². The summed E-state index contributed by atoms with van der Waals surface area (Å²) < 4.78 is 24.6. The van der Waals surface area contributed by atoms with Crippen molar-refractivity contribution in [2.24, 2.45) is 5.92 Å². The van der Waals surface area contributed by atoms with Crippen LogP contribution in [0.4, 0.5) is 4.79 Å². The average molecular weight is 309 g/mol. The molecule has 0 saturated carbocycles. The molecule has 0 fully saturated rings. The second-order valence-corrected chi connectivity index (χ2v) is 7.39. The number of hydrogen-bond acceptors (Lipinski definition) is 4. The van der Waals surface area contributed by atoms with Gasteiger partial charge >= 0.3 is 12.0 Å². The molecule has 1 atom stereocenters. The van der Waals surface area contributed by atoms with Crippen molar-refractivity contribution in [3.05, 3.63) is 0 Å². The van der Waals surface area contributed by atoms with Crippen LogP contribution in [0.25, 0.3) is 0 Å². The lowest BCUT2D eigenvalue weighted by Gasteiger charge is -2.26. The topological polar surface area (TPSA) is 125 Å². The van der Waals surface area contributed by atoms with Crippen LogP contribution in [0, 0.1) is 5.92 Å². The lowest BCUT2D eigenvalue weighted by atomic mass is 10.1. The smallest absolute Gasteiger partial charge is 0.326 e. The zero-order valence-corrected chi connectivity index (χ0v) is 13.2. The van der Waals surface area contributed by atoms with Gasteiger partial charge in [0.15, 0.2) is 0 Å². The van der Waals surface area contributed by atoms with Crippen molar-refractivity contribution in [1.29, 1.82) is 0 Å². The molecule has 0 radical (unpaired) electrons. The number of rotatable bonds is 7. The van der Waals surface area contributed by atoms with E-state index in [1.807, 2.05) is 0 Å². The Hall–Kier alpha value is -1.35. The minimum atomic E-state index is -3.40. The van der Waals surface area contributed by atoms with Crippen LogP contribution in [0.5, 0.6) is 0 Å². The predicted octanol–water partition coefficient (Wildman–Crippen LogP) is -0.277. The van der Waals surface area contributed by atoms with Crippen LogP contribution < -0.4 is 15.4 Å². The van der Waals surface area contributed by atoms with E-state index in [1.165, 1.54) is 0 Å². The van der Waals surface area contributed by atoms with E-state index in [0.717, 1.165) is 6.26 Å². The van der Waals surface area contributed by atoms with Gasteiger partial charge in [-0.1, -0.05) is 13.8 Å². The van der Waals surface area contributed by atoms with Crippen LogP contribution in [-0.4, -0.2) is 49.9 Å². The van der Waals surface area contributed by atoms with Gasteiger partial charge in [0.2, 0.25) is 10.0 Å². The molecule has 9 heteroatoms. The number of amides is 2. The fourth-order valence-corrected chi connectivity index (χ4v) is 2.62. The molecule has 0 spiro atoms. The van der Waals surface area contributed by atoms with Crippen molar-refractivity contribution in [3.8, 4) is 0 Å². The van der Waals surface area contributed by atoms with Crippen molar-refractivity contribution < 1.29 is 23.1 Å². The van der Waals surface area contributed by atoms with E-state index in [4.69, 9.17) is 5.11 Å². The first kappa shape index (κ1) is 18.7. The number of carboxylic acids is 1. The Labute approximate surface area is 119 Å². The summed E-state index contributed by atoms with van der Waals surface area (Å²) in [6, 6.07) is -1.66. The quantitative estimate of drug-likeness (QED) is 0.515. The molecule has 0 aromatic heterocycles. The third kappa shape index (κ3) is 7.95. The molecule has 0 heterocycles. The highest BCUT2D eigenvalue weighted by Crippen LogP contribution is 2.03. The Bertz CT molecular complexity index is 459. The summed E-state index contributed by atoms with van der Waals surface area (Å²) >= 11 is 0. The lowest BCUT2D eigenvalue weighted by Crippen LogP contribution is -2.55. The summed E-state index contributed by atoms with van der Waals surface area (Å²) in [5.41, 5.74) is -0.874. The lowest BCUT2D eigenvalue weighted by molar-refractivity contribution is -0.140. The maximum atomic E-state index is 11.6. The summed E-state index contributed by atoms with van der Waals surface area (Å²) in [6.07, 6.45) is 1.02. The van der Waals surface area contributed by atoms with E-state index in [2.05, 4.69) is 15.4 Å². The van der Waals surface area contributed by atoms with E-state index >= 15 is 0 Å². The van der Waals surface area contributed by atoms with Crippen molar-refractivity contribution in [2.75, 3.05) is 12.8 Å². The van der Waals surface area contributed by atoms with Crippen molar-refractivity contribution in [2.45, 2.75) is 39.3 Å². The van der Waals surface area contributed by atoms with Gasteiger partial charge in [0.1, 0.15) is 6.04 Å². The molecule has 8 nitrogen and oxygen atoms in total. The zero-order valence-electron chi connectivity index (χ0n) is 12.4. The minimum absolute atomic E-state index is 0.0241. The highest BCUT2D eigenvalue weighted by molar-refractivity contribution is 7.88. The maximum absolute atomic E-state index is 11.6. The fraction of sp³-hybridized carbons (Fsp3) is 0.818. The van der Waals surface area contributed by atoms with Crippen molar-refractivity contribution in [3.63, 3.8) is 0 Å². The Balaban J connectivity index is 4.45. The van der Waals surface area contributed by atoms with Crippen molar-refractivity contribution >= 4 is 22.0 Å². The maximum Gasteiger partial charge on any atom is 0.326 e. The van der Waals surface area contributed by atoms with E-state index < -0.39 is 33.6 Å². The number of nitrogens with one attached hydrogen (secondary N) is 3. The van der Waals surface area contributed by atoms with Gasteiger partial charge in [-0.25, -0.2) is 22.7 Å². The molecule has 0 aliphatic carbocycles. The first-order valence-corrected chi connectivity index (χ1v) is 7.99. The van der Waals surface area contributed by atoms with Gasteiger partial charge in [0.25, 0.3) is 0 Å². The van der Waals surface area contributed by atoms with E-state index in [0.29, 0.717) is 0 Å². The predicted molar refractivity (Wildman–Crippen MR) is 74.9 cm³/mol. The van der Waals surface area contributed by atoms with Crippen LogP contribution in [0.2, 0.25) is 0 Å². The SMILES string of the molecule is CC(C)[C@H](NC(=O)NCC(C)(C)NS(C)(=O)=O)C(=O)O. The van der Waals surface area contributed by atoms with Crippen molar-refractivity contribution in [1.82, 2.24) is 15.4 Å². The third-order valence-electron chi connectivity index (χ3n) is 2.37. The summed E-state index contributed by atoms with van der Waals surface area (Å²) in [4.78, 5) is 22.5. The van der Waals surface area contributed by atoms with Crippen LogP contribution in [0.3, 0.4) is 0 Å². The average Bonchev–Trinajstić information content (AvgIpc) is 2.18. The fourth-order valence-electron chi connectivity index (χ4n) is 1.55. The van der Waals surface area contributed by atoms with E-state index in [9.17, 15) is 18.0 Å². The second kappa shape index (κ2) is 6.89. The van der Waals surface area contributed by atoms with Crippen LogP contribution >= 0.6 is 0 Å². The Morgan fingerprint density at radius 3 is 2.10 bits per heavy atom. The monoisotopic (exact) mass is 309 g/mol. The van der Waals surface area contributed by atoms with Gasteiger partial charge in [-0.2, -0.15) is 0 Å².